The van der Waals surface area contributed by atoms with Gasteiger partial charge in [0.25, 0.3) is 0 Å². The lowest BCUT2D eigenvalue weighted by atomic mass is 10.0. The van der Waals surface area contributed by atoms with Crippen molar-refractivity contribution in [2.75, 3.05) is 47.5 Å². The molecule has 0 fully saturated rings. The Hall–Kier alpha value is -4.83. The number of rotatable bonds is 69. The third-order valence-corrected chi connectivity index (χ3v) is 16.1. The Balaban J connectivity index is 4.12. The van der Waals surface area contributed by atoms with Crippen molar-refractivity contribution >= 4 is 17.9 Å². The molecule has 0 aromatic carbocycles. The molecule has 0 aliphatic carbocycles. The van der Waals surface area contributed by atoms with Crippen molar-refractivity contribution in [3.8, 4) is 0 Å². The highest BCUT2D eigenvalue weighted by Crippen LogP contribution is 2.17. The van der Waals surface area contributed by atoms with Crippen LogP contribution < -0.4 is 5.11 Å². The van der Waals surface area contributed by atoms with Crippen molar-refractivity contribution < 1.29 is 42.9 Å². The number of carbonyl (C=O) groups is 3. The van der Waals surface area contributed by atoms with Gasteiger partial charge in [0.1, 0.15) is 13.2 Å². The summed E-state index contributed by atoms with van der Waals surface area (Å²) in [4.78, 5) is 37.6. The molecule has 93 heavy (non-hydrogen) atoms. The van der Waals surface area contributed by atoms with Gasteiger partial charge in [-0.05, 0) is 122 Å². The van der Waals surface area contributed by atoms with Crippen molar-refractivity contribution in [3.63, 3.8) is 0 Å². The smallest absolute Gasteiger partial charge is 0.306 e. The van der Waals surface area contributed by atoms with E-state index in [9.17, 15) is 19.5 Å². The molecule has 0 saturated carbocycles. The number of carbonyl (C=O) groups excluding carboxylic acids is 3. The van der Waals surface area contributed by atoms with Gasteiger partial charge < -0.3 is 33.3 Å². The van der Waals surface area contributed by atoms with E-state index < -0.39 is 24.3 Å². The number of esters is 2. The van der Waals surface area contributed by atoms with Gasteiger partial charge in [-0.25, -0.2) is 0 Å². The molecule has 0 saturated heterocycles. The number of nitrogens with zero attached hydrogens (tertiary/aromatic N) is 1. The summed E-state index contributed by atoms with van der Waals surface area (Å²) >= 11 is 0. The number of unbranched alkanes of at least 4 members (excludes halogenated alkanes) is 30. The van der Waals surface area contributed by atoms with Crippen LogP contribution in [0.25, 0.3) is 0 Å². The van der Waals surface area contributed by atoms with E-state index >= 15 is 0 Å². The van der Waals surface area contributed by atoms with Crippen LogP contribution in [0.2, 0.25) is 0 Å². The average Bonchev–Trinajstić information content (AvgIpc) is 3.38. The maximum atomic E-state index is 13.0. The lowest BCUT2D eigenvalue weighted by molar-refractivity contribution is -0.870. The van der Waals surface area contributed by atoms with E-state index in [1.54, 1.807) is 0 Å². The fourth-order valence-electron chi connectivity index (χ4n) is 10.3. The molecule has 0 heterocycles. The Kier molecular flexibility index (Phi) is 69.2. The van der Waals surface area contributed by atoms with Crippen LogP contribution in [-0.2, 0) is 33.3 Å². The second kappa shape index (κ2) is 73.0. The molecule has 0 aromatic heterocycles. The molecule has 9 heteroatoms. The first-order valence-electron chi connectivity index (χ1n) is 38.0. The van der Waals surface area contributed by atoms with E-state index in [2.05, 4.69) is 160 Å². The Morgan fingerprint density at radius 3 is 0.914 bits per heavy atom. The zero-order chi connectivity index (χ0) is 67.5. The van der Waals surface area contributed by atoms with E-state index in [0.717, 1.165) is 116 Å². The van der Waals surface area contributed by atoms with Gasteiger partial charge in [0.15, 0.2) is 12.4 Å². The van der Waals surface area contributed by atoms with Crippen molar-refractivity contribution in [2.24, 2.45) is 0 Å². The Labute approximate surface area is 572 Å². The monoisotopic (exact) mass is 1290 g/mol. The number of ether oxygens (including phenoxy) is 4. The largest absolute Gasteiger partial charge is 0.545 e. The van der Waals surface area contributed by atoms with Gasteiger partial charge in [-0.1, -0.05) is 320 Å². The zero-order valence-corrected chi connectivity index (χ0v) is 60.6. The number of likely N-dealkylation sites (N-methyl/N-ethyl adjacent to an activating group) is 1. The SMILES string of the molecule is CC/C=C\C/C=C\C/C=C\C/C=C\C/C=C\C/C=C\C/C=C\C/C=C\C/C=C\C/C=C\CCCCCCCCCCCCC(=O)OC(COC(=O)CCCCCCCCCCCCCCCCC/C=C\C/C=C\CCCCCCC)COC(OCC[N+](C)(C)C)C(=O)[O-]. The minimum absolute atomic E-state index is 0.141. The number of aliphatic carboxylic acids is 1. The summed E-state index contributed by atoms with van der Waals surface area (Å²) in [5, 5.41) is 11.8. The highest BCUT2D eigenvalue weighted by atomic mass is 16.7. The fraction of sp³-hybridized carbons (Fsp3) is 0.679. The average molecular weight is 1290 g/mol. The third-order valence-electron chi connectivity index (χ3n) is 16.1. The van der Waals surface area contributed by atoms with Crippen LogP contribution in [-0.4, -0.2) is 82.3 Å². The van der Waals surface area contributed by atoms with Gasteiger partial charge in [-0.15, -0.1) is 0 Å². The molecule has 0 amide bonds. The minimum Gasteiger partial charge on any atom is -0.545 e. The van der Waals surface area contributed by atoms with Crippen LogP contribution >= 0.6 is 0 Å². The summed E-state index contributed by atoms with van der Waals surface area (Å²) in [6, 6.07) is 0. The molecule has 530 valence electrons. The molecule has 9 nitrogen and oxygen atoms in total. The zero-order valence-electron chi connectivity index (χ0n) is 60.6. The maximum Gasteiger partial charge on any atom is 0.306 e. The van der Waals surface area contributed by atoms with Crippen molar-refractivity contribution in [3.05, 3.63) is 146 Å². The fourth-order valence-corrected chi connectivity index (χ4v) is 10.3. The van der Waals surface area contributed by atoms with Gasteiger partial charge in [0.2, 0.25) is 0 Å². The summed E-state index contributed by atoms with van der Waals surface area (Å²) in [6.07, 6.45) is 104. The van der Waals surface area contributed by atoms with E-state index in [4.69, 9.17) is 18.9 Å². The normalized spacial score (nSPS) is 13.5. The van der Waals surface area contributed by atoms with Gasteiger partial charge in [-0.2, -0.15) is 0 Å². The Morgan fingerprint density at radius 1 is 0.333 bits per heavy atom. The van der Waals surface area contributed by atoms with E-state index in [-0.39, 0.29) is 38.6 Å². The first kappa shape index (κ1) is 88.2. The number of carboxylic acid groups (broad SMARTS) is 1. The van der Waals surface area contributed by atoms with Crippen molar-refractivity contribution in [1.29, 1.82) is 0 Å². The molecule has 0 N–H and O–H groups in total. The molecule has 2 unspecified atom stereocenters. The molecular weight excluding hydrogens is 1150 g/mol. The van der Waals surface area contributed by atoms with Crippen LogP contribution in [0.5, 0.6) is 0 Å². The number of hydrogen-bond acceptors (Lipinski definition) is 8. The van der Waals surface area contributed by atoms with E-state index in [0.29, 0.717) is 17.4 Å². The van der Waals surface area contributed by atoms with Gasteiger partial charge >= 0.3 is 11.9 Å². The predicted molar refractivity (Wildman–Crippen MR) is 398 cm³/mol. The Morgan fingerprint density at radius 2 is 0.613 bits per heavy atom. The number of carboxylic acids is 1. The second-order valence-electron chi connectivity index (χ2n) is 26.2. The molecule has 2 atom stereocenters. The maximum absolute atomic E-state index is 13.0. The molecule has 0 bridgehead atoms. The summed E-state index contributed by atoms with van der Waals surface area (Å²) in [5.74, 6) is -2.29. The van der Waals surface area contributed by atoms with Gasteiger partial charge in [-0.3, -0.25) is 9.59 Å². The molecular formula is C84H141NO8. The topological polar surface area (TPSA) is 111 Å². The van der Waals surface area contributed by atoms with E-state index in [1.807, 2.05) is 21.1 Å². The highest BCUT2D eigenvalue weighted by molar-refractivity contribution is 5.70. The Bertz CT molecular complexity index is 2040. The molecule has 0 rings (SSSR count). The lowest BCUT2D eigenvalue weighted by Crippen LogP contribution is -2.44. The first-order valence-corrected chi connectivity index (χ1v) is 38.0. The molecule has 0 radical (unpaired) electrons. The number of quaternary nitrogens is 1. The standard InChI is InChI=1S/C84H141NO8/c1-6-8-10-12-14-16-18-20-22-24-26-28-30-32-34-35-36-37-38-39-40-41-42-43-44-45-46-47-49-51-53-55-57-59-61-63-65-67-69-71-73-75-82(87)93-80(79-92-84(83(88)89)90-77-76-85(3,4)5)78-91-81(86)74-72-70-68-66-64-62-60-58-56-54-52-50-48-33-31-29-27-25-23-21-19-17-15-13-11-9-7-2/h8,10,14,16,19-22,25-28,32,34,36-37,39-40,42-43,45-46,49,51,80,84H,6-7,9,11-13,15,17-18,23-24,29-31,33,35,38,41,44,47-48,50,52-79H2,1-5H3/b10-8-,16-14-,21-19-,22-20-,27-25-,28-26-,34-32-,37-36-,40-39-,43-42-,46-45-,51-49-. The summed E-state index contributed by atoms with van der Waals surface area (Å²) in [5.41, 5.74) is 0. The van der Waals surface area contributed by atoms with Crippen molar-refractivity contribution in [2.45, 2.75) is 322 Å². The summed E-state index contributed by atoms with van der Waals surface area (Å²) < 4.78 is 22.8. The third kappa shape index (κ3) is 74.4. The minimum atomic E-state index is -1.63. The van der Waals surface area contributed by atoms with Crippen LogP contribution in [0.3, 0.4) is 0 Å². The predicted octanol–water partition coefficient (Wildman–Crippen LogP) is 22.9. The lowest BCUT2D eigenvalue weighted by Gasteiger charge is -2.26. The summed E-state index contributed by atoms with van der Waals surface area (Å²) in [6.45, 7) is 4.63. The second-order valence-corrected chi connectivity index (χ2v) is 26.2. The van der Waals surface area contributed by atoms with Crippen LogP contribution in [0.1, 0.15) is 309 Å². The molecule has 0 spiro atoms. The van der Waals surface area contributed by atoms with Crippen LogP contribution in [0.15, 0.2) is 146 Å². The number of allylic oxidation sites excluding steroid dienone is 24. The molecule has 0 aliphatic heterocycles. The molecule has 0 aromatic rings. The molecule has 0 aliphatic rings. The number of hydrogen-bond donors (Lipinski definition) is 0. The van der Waals surface area contributed by atoms with Crippen LogP contribution in [0.4, 0.5) is 0 Å². The summed E-state index contributed by atoms with van der Waals surface area (Å²) in [7, 11) is 5.93. The van der Waals surface area contributed by atoms with Gasteiger partial charge in [0, 0.05) is 12.8 Å². The van der Waals surface area contributed by atoms with Gasteiger partial charge in [0.05, 0.1) is 40.3 Å². The first-order chi connectivity index (χ1) is 45.6. The van der Waals surface area contributed by atoms with Crippen LogP contribution in [0, 0.1) is 0 Å². The van der Waals surface area contributed by atoms with Crippen molar-refractivity contribution in [1.82, 2.24) is 0 Å². The quantitative estimate of drug-likeness (QED) is 0.0195. The van der Waals surface area contributed by atoms with E-state index in [1.165, 1.54) is 161 Å². The highest BCUT2D eigenvalue weighted by Gasteiger charge is 2.22.